The lowest BCUT2D eigenvalue weighted by Crippen LogP contribution is -2.29. The largest absolute Gasteiger partial charge is 0.494 e. The highest BCUT2D eigenvalue weighted by atomic mass is 16.5. The SMILES string of the molecule is CCCC1=C(C(=O)OCC)C(c2cccc(OCCC(C)C)c2)n2c(nc3ccccc32)N1. The van der Waals surface area contributed by atoms with E-state index in [2.05, 4.69) is 30.7 Å². The fraction of sp³-hybridized carbons (Fsp3) is 0.407. The van der Waals surface area contributed by atoms with Crippen LogP contribution in [0, 0.1) is 5.92 Å². The van der Waals surface area contributed by atoms with Crippen LogP contribution in [0.15, 0.2) is 59.8 Å². The summed E-state index contributed by atoms with van der Waals surface area (Å²) in [6.07, 6.45) is 2.62. The summed E-state index contributed by atoms with van der Waals surface area (Å²) >= 11 is 0. The number of hydrogen-bond acceptors (Lipinski definition) is 5. The van der Waals surface area contributed by atoms with Gasteiger partial charge in [0.15, 0.2) is 0 Å². The molecular weight excluding hydrogens is 414 g/mol. The normalized spacial score (nSPS) is 15.5. The second-order valence-corrected chi connectivity index (χ2v) is 8.79. The van der Waals surface area contributed by atoms with Crippen molar-refractivity contribution in [2.24, 2.45) is 5.92 Å². The molecule has 6 nitrogen and oxygen atoms in total. The minimum absolute atomic E-state index is 0.298. The number of aromatic nitrogens is 2. The second-order valence-electron chi connectivity index (χ2n) is 8.79. The number of para-hydroxylation sites is 2. The number of nitrogens with zero attached hydrogens (tertiary/aromatic N) is 2. The van der Waals surface area contributed by atoms with Crippen LogP contribution in [0.4, 0.5) is 5.95 Å². The highest BCUT2D eigenvalue weighted by molar-refractivity contribution is 5.94. The maximum absolute atomic E-state index is 13.3. The van der Waals surface area contributed by atoms with Gasteiger partial charge in [-0.25, -0.2) is 9.78 Å². The van der Waals surface area contributed by atoms with E-state index in [4.69, 9.17) is 14.5 Å². The van der Waals surface area contributed by atoms with Crippen molar-refractivity contribution in [3.05, 3.63) is 65.4 Å². The third-order valence-electron chi connectivity index (χ3n) is 5.85. The van der Waals surface area contributed by atoms with Crippen LogP contribution < -0.4 is 10.1 Å². The molecule has 0 spiro atoms. The molecule has 174 valence electrons. The number of carbonyl (C=O) groups excluding carboxylic acids is 1. The predicted molar refractivity (Wildman–Crippen MR) is 131 cm³/mol. The molecule has 0 aliphatic carbocycles. The van der Waals surface area contributed by atoms with Gasteiger partial charge in [-0.2, -0.15) is 0 Å². The third kappa shape index (κ3) is 4.75. The van der Waals surface area contributed by atoms with Crippen molar-refractivity contribution in [2.45, 2.75) is 53.0 Å². The molecule has 3 aromatic rings. The van der Waals surface area contributed by atoms with Crippen LogP contribution in [-0.2, 0) is 9.53 Å². The Morgan fingerprint density at radius 1 is 1.15 bits per heavy atom. The van der Waals surface area contributed by atoms with Crippen LogP contribution in [0.3, 0.4) is 0 Å². The van der Waals surface area contributed by atoms with Gasteiger partial charge in [-0.05, 0) is 55.5 Å². The van der Waals surface area contributed by atoms with Gasteiger partial charge in [-0.15, -0.1) is 0 Å². The highest BCUT2D eigenvalue weighted by Gasteiger charge is 2.36. The number of benzene rings is 2. The van der Waals surface area contributed by atoms with Crippen LogP contribution in [0.2, 0.25) is 0 Å². The van der Waals surface area contributed by atoms with Gasteiger partial charge in [0.25, 0.3) is 0 Å². The van der Waals surface area contributed by atoms with Gasteiger partial charge in [0.05, 0.1) is 35.9 Å². The molecule has 1 atom stereocenters. The standard InChI is InChI=1S/C27H33N3O3/c1-5-10-22-24(26(31)32-6-2)25(19-11-9-12-20(17-19)33-16-15-18(3)4)30-23-14-8-7-13-21(23)28-27(30)29-22/h7-9,11-14,17-18,25H,5-6,10,15-16H2,1-4H3,(H,28,29). The first kappa shape index (κ1) is 22.9. The van der Waals surface area contributed by atoms with Gasteiger partial charge < -0.3 is 14.8 Å². The molecule has 1 aromatic heterocycles. The van der Waals surface area contributed by atoms with Crippen molar-refractivity contribution in [3.63, 3.8) is 0 Å². The minimum atomic E-state index is -0.358. The Labute approximate surface area is 195 Å². The first-order valence-corrected chi connectivity index (χ1v) is 11.9. The van der Waals surface area contributed by atoms with E-state index in [1.807, 2.05) is 55.5 Å². The molecule has 33 heavy (non-hydrogen) atoms. The molecule has 6 heteroatoms. The predicted octanol–water partition coefficient (Wildman–Crippen LogP) is 6.09. The molecule has 2 heterocycles. The number of rotatable bonds is 9. The Hall–Kier alpha value is -3.28. The van der Waals surface area contributed by atoms with Gasteiger partial charge in [0.1, 0.15) is 5.75 Å². The van der Waals surface area contributed by atoms with Crippen LogP contribution >= 0.6 is 0 Å². The van der Waals surface area contributed by atoms with E-state index in [0.717, 1.165) is 53.3 Å². The van der Waals surface area contributed by atoms with Crippen LogP contribution in [-0.4, -0.2) is 28.7 Å². The molecule has 1 N–H and O–H groups in total. The molecule has 0 amide bonds. The second kappa shape index (κ2) is 10.1. The molecule has 1 aliphatic rings. The zero-order valence-corrected chi connectivity index (χ0v) is 19.9. The molecule has 1 unspecified atom stereocenters. The van der Waals surface area contributed by atoms with Crippen molar-refractivity contribution in [2.75, 3.05) is 18.5 Å². The number of ether oxygens (including phenoxy) is 2. The number of hydrogen-bond donors (Lipinski definition) is 1. The fourth-order valence-electron chi connectivity index (χ4n) is 4.28. The molecule has 1 aliphatic heterocycles. The molecule has 2 aromatic carbocycles. The highest BCUT2D eigenvalue weighted by Crippen LogP contribution is 2.41. The third-order valence-corrected chi connectivity index (χ3v) is 5.85. The summed E-state index contributed by atoms with van der Waals surface area (Å²) < 4.78 is 13.7. The van der Waals surface area contributed by atoms with E-state index in [1.54, 1.807) is 0 Å². The lowest BCUT2D eigenvalue weighted by atomic mass is 9.93. The number of imidazole rings is 1. The number of allylic oxidation sites excluding steroid dienone is 1. The van der Waals surface area contributed by atoms with Crippen molar-refractivity contribution in [1.82, 2.24) is 9.55 Å². The monoisotopic (exact) mass is 447 g/mol. The van der Waals surface area contributed by atoms with Crippen LogP contribution in [0.5, 0.6) is 5.75 Å². The van der Waals surface area contributed by atoms with Crippen molar-refractivity contribution in [1.29, 1.82) is 0 Å². The maximum Gasteiger partial charge on any atom is 0.338 e. The minimum Gasteiger partial charge on any atom is -0.494 e. The summed E-state index contributed by atoms with van der Waals surface area (Å²) in [5.74, 6) is 1.82. The van der Waals surface area contributed by atoms with E-state index >= 15 is 0 Å². The molecule has 0 bridgehead atoms. The summed E-state index contributed by atoms with van der Waals surface area (Å²) in [6, 6.07) is 15.7. The summed E-state index contributed by atoms with van der Waals surface area (Å²) in [7, 11) is 0. The zero-order valence-electron chi connectivity index (χ0n) is 19.9. The number of esters is 1. The van der Waals surface area contributed by atoms with Crippen LogP contribution in [0.25, 0.3) is 11.0 Å². The quantitative estimate of drug-likeness (QED) is 0.402. The molecule has 0 saturated heterocycles. The summed E-state index contributed by atoms with van der Waals surface area (Å²) in [5, 5.41) is 3.44. The summed E-state index contributed by atoms with van der Waals surface area (Å²) in [4.78, 5) is 18.1. The number of fused-ring (bicyclic) bond motifs is 3. The average molecular weight is 448 g/mol. The molecule has 0 saturated carbocycles. The van der Waals surface area contributed by atoms with E-state index in [-0.39, 0.29) is 12.0 Å². The van der Waals surface area contributed by atoms with Gasteiger partial charge in [-0.3, -0.25) is 4.57 Å². The van der Waals surface area contributed by atoms with Gasteiger partial charge in [0.2, 0.25) is 5.95 Å². The first-order valence-electron chi connectivity index (χ1n) is 11.9. The molecule has 0 radical (unpaired) electrons. The Kier molecular flexibility index (Phi) is 7.02. The molecular formula is C27H33N3O3. The van der Waals surface area contributed by atoms with Gasteiger partial charge in [0, 0.05) is 5.70 Å². The van der Waals surface area contributed by atoms with E-state index in [9.17, 15) is 4.79 Å². The zero-order chi connectivity index (χ0) is 23.4. The average Bonchev–Trinajstić information content (AvgIpc) is 3.16. The van der Waals surface area contributed by atoms with E-state index in [0.29, 0.717) is 24.7 Å². The fourth-order valence-corrected chi connectivity index (χ4v) is 4.28. The first-order chi connectivity index (χ1) is 16.0. The number of carbonyl (C=O) groups is 1. The summed E-state index contributed by atoms with van der Waals surface area (Å²) in [6.45, 7) is 9.30. The smallest absolute Gasteiger partial charge is 0.338 e. The Morgan fingerprint density at radius 3 is 2.73 bits per heavy atom. The van der Waals surface area contributed by atoms with Crippen molar-refractivity contribution in [3.8, 4) is 5.75 Å². The van der Waals surface area contributed by atoms with E-state index < -0.39 is 0 Å². The van der Waals surface area contributed by atoms with Crippen LogP contribution in [0.1, 0.15) is 58.6 Å². The molecule has 0 fully saturated rings. The van der Waals surface area contributed by atoms with Gasteiger partial charge >= 0.3 is 5.97 Å². The molecule has 4 rings (SSSR count). The van der Waals surface area contributed by atoms with E-state index in [1.165, 1.54) is 0 Å². The lowest BCUT2D eigenvalue weighted by molar-refractivity contribution is -0.139. The van der Waals surface area contributed by atoms with Gasteiger partial charge in [-0.1, -0.05) is 51.5 Å². The summed E-state index contributed by atoms with van der Waals surface area (Å²) in [5.41, 5.74) is 4.33. The van der Waals surface area contributed by atoms with Crippen molar-refractivity contribution < 1.29 is 14.3 Å². The van der Waals surface area contributed by atoms with Crippen molar-refractivity contribution >= 4 is 23.0 Å². The topological polar surface area (TPSA) is 65.4 Å². The lowest BCUT2D eigenvalue weighted by Gasteiger charge is -2.31. The number of nitrogens with one attached hydrogen (secondary N) is 1. The maximum atomic E-state index is 13.3. The Bertz CT molecular complexity index is 1160. The number of anilines is 1. The Balaban J connectivity index is 1.86. The Morgan fingerprint density at radius 2 is 1.97 bits per heavy atom.